The van der Waals surface area contributed by atoms with Crippen molar-refractivity contribution in [2.24, 2.45) is 36.4 Å². The number of rotatable bonds is 16. The molecule has 0 aliphatic rings. The Morgan fingerprint density at radius 1 is 0.741 bits per heavy atom. The number of hydrogen-bond donors (Lipinski definition) is 7. The van der Waals surface area contributed by atoms with Gasteiger partial charge >= 0.3 is 22.4 Å². The summed E-state index contributed by atoms with van der Waals surface area (Å²) >= 11 is 0. The van der Waals surface area contributed by atoms with Crippen LogP contribution in [0.2, 0.25) is 0 Å². The molecule has 0 aliphatic heterocycles. The van der Waals surface area contributed by atoms with Gasteiger partial charge in [-0.3, -0.25) is 9.11 Å². The number of primary amides is 1. The number of phenolic OH excluding ortho intramolecular Hbond substituents is 2. The predicted molar refractivity (Wildman–Crippen MR) is 199 cm³/mol. The van der Waals surface area contributed by atoms with Crippen LogP contribution < -0.4 is 11.1 Å². The number of azo groups is 3. The smallest absolute Gasteiger partial charge is 0.397 e. The minimum absolute atomic E-state index is 0.0706. The van der Waals surface area contributed by atoms with Crippen molar-refractivity contribution < 1.29 is 71.9 Å². The minimum atomic E-state index is -5.05. The molecule has 306 valence electrons. The molecule has 28 heteroatoms. The Bertz CT molecular complexity index is 2870. The Balaban J connectivity index is 1.67. The molecule has 0 atom stereocenters. The van der Waals surface area contributed by atoms with Crippen molar-refractivity contribution in [1.82, 2.24) is 0 Å². The van der Waals surface area contributed by atoms with E-state index in [1.54, 1.807) is 0 Å². The zero-order valence-corrected chi connectivity index (χ0v) is 31.9. The summed E-state index contributed by atoms with van der Waals surface area (Å²) in [6.07, 6.45) is 0. The molecule has 0 saturated carbocycles. The van der Waals surface area contributed by atoms with Crippen molar-refractivity contribution >= 4 is 92.0 Å². The van der Waals surface area contributed by atoms with Crippen LogP contribution in [0, 0.1) is 0 Å². The van der Waals surface area contributed by atoms with E-state index in [1.165, 1.54) is 6.07 Å². The maximum absolute atomic E-state index is 12.4. The van der Waals surface area contributed by atoms with Gasteiger partial charge in [-0.1, -0.05) is 6.58 Å². The SMILES string of the molecule is C=CS(=O)(=O)c1ccc(N=Nc2ccc(N=Nc3c(O)cc(C(=O)O)c(N=Nc4ccc(S(=O)(=O)CCOS(=O)(=O)O)cc4)c3O)cc2NC(N)=O)c(S(=O)(=O)O)c1. The topological polar surface area (TPSA) is 393 Å². The number of sulfone groups is 2. The summed E-state index contributed by atoms with van der Waals surface area (Å²) in [5.41, 5.74) is 1.89. The van der Waals surface area contributed by atoms with Gasteiger partial charge in [-0.15, -0.1) is 20.5 Å². The van der Waals surface area contributed by atoms with Crippen LogP contribution in [0.3, 0.4) is 0 Å². The van der Waals surface area contributed by atoms with Crippen LogP contribution in [0.5, 0.6) is 11.5 Å². The fourth-order valence-corrected chi connectivity index (χ4v) is 7.32. The summed E-state index contributed by atoms with van der Waals surface area (Å²) in [6.45, 7) is 2.26. The number of hydrogen-bond acceptors (Lipinski definition) is 19. The fraction of sp³-hybridized carbons (Fsp3) is 0.0667. The number of amides is 2. The molecule has 2 amide bonds. The van der Waals surface area contributed by atoms with Crippen LogP contribution in [0.15, 0.2) is 124 Å². The van der Waals surface area contributed by atoms with Gasteiger partial charge in [0.2, 0.25) is 0 Å². The lowest BCUT2D eigenvalue weighted by Crippen LogP contribution is -2.19. The van der Waals surface area contributed by atoms with Crippen molar-refractivity contribution in [3.63, 3.8) is 0 Å². The number of aromatic carboxylic acids is 1. The average Bonchev–Trinajstić information content (AvgIpc) is 3.12. The summed E-state index contributed by atoms with van der Waals surface area (Å²) in [7, 11) is -18.1. The van der Waals surface area contributed by atoms with Gasteiger partial charge in [-0.2, -0.15) is 27.1 Å². The number of nitrogens with two attached hydrogens (primary N) is 1. The van der Waals surface area contributed by atoms with Gasteiger partial charge in [0.15, 0.2) is 31.1 Å². The quantitative estimate of drug-likeness (QED) is 0.0555. The van der Waals surface area contributed by atoms with Gasteiger partial charge in [-0.05, 0) is 66.7 Å². The van der Waals surface area contributed by atoms with Crippen molar-refractivity contribution in [3.8, 4) is 11.5 Å². The third-order valence-electron chi connectivity index (χ3n) is 7.03. The number of carbonyl (C=O) groups is 2. The van der Waals surface area contributed by atoms with Gasteiger partial charge in [0.25, 0.3) is 10.1 Å². The molecule has 0 radical (unpaired) electrons. The zero-order chi connectivity index (χ0) is 43.2. The summed E-state index contributed by atoms with van der Waals surface area (Å²) in [6, 6.07) is 9.85. The average molecular weight is 883 g/mol. The molecule has 0 aliphatic carbocycles. The van der Waals surface area contributed by atoms with E-state index in [4.69, 9.17) is 10.3 Å². The number of carbonyl (C=O) groups excluding carboxylic acids is 1. The minimum Gasteiger partial charge on any atom is -0.505 e. The van der Waals surface area contributed by atoms with Gasteiger partial charge in [0.1, 0.15) is 27.7 Å². The Morgan fingerprint density at radius 2 is 1.31 bits per heavy atom. The van der Waals surface area contributed by atoms with Crippen LogP contribution >= 0.6 is 0 Å². The molecule has 4 rings (SSSR count). The Labute approximate surface area is 327 Å². The number of benzene rings is 4. The largest absolute Gasteiger partial charge is 0.505 e. The lowest BCUT2D eigenvalue weighted by Gasteiger charge is -2.09. The monoisotopic (exact) mass is 882 g/mol. The number of phenols is 2. The van der Waals surface area contributed by atoms with Gasteiger partial charge in [-0.25, -0.2) is 30.6 Å². The highest BCUT2D eigenvalue weighted by molar-refractivity contribution is 7.94. The first-order chi connectivity index (χ1) is 26.9. The van der Waals surface area contributed by atoms with E-state index >= 15 is 0 Å². The van der Waals surface area contributed by atoms with E-state index < -0.39 is 108 Å². The molecule has 0 aromatic heterocycles. The van der Waals surface area contributed by atoms with Gasteiger partial charge in [0, 0.05) is 5.41 Å². The predicted octanol–water partition coefficient (Wildman–Crippen LogP) is 5.29. The van der Waals surface area contributed by atoms with Crippen LogP contribution in [0.25, 0.3) is 0 Å². The molecular formula is C30H26N8O16S4. The number of aromatic hydroxyl groups is 2. The van der Waals surface area contributed by atoms with Gasteiger partial charge < -0.3 is 26.4 Å². The van der Waals surface area contributed by atoms with E-state index in [9.17, 15) is 63.1 Å². The molecule has 0 unspecified atom stereocenters. The number of urea groups is 1. The molecule has 4 aromatic carbocycles. The molecular weight excluding hydrogens is 857 g/mol. The first kappa shape index (κ1) is 44.2. The lowest BCUT2D eigenvalue weighted by molar-refractivity contribution is 0.0696. The van der Waals surface area contributed by atoms with Crippen molar-refractivity contribution in [3.05, 3.63) is 84.3 Å². The summed E-state index contributed by atoms with van der Waals surface area (Å²) in [4.78, 5) is 21.9. The second-order valence-corrected chi connectivity index (χ2v) is 17.4. The van der Waals surface area contributed by atoms with Crippen molar-refractivity contribution in [1.29, 1.82) is 0 Å². The molecule has 24 nitrogen and oxygen atoms in total. The molecule has 0 spiro atoms. The number of anilines is 1. The second-order valence-electron chi connectivity index (χ2n) is 11.0. The maximum Gasteiger partial charge on any atom is 0.397 e. The molecule has 0 bridgehead atoms. The first-order valence-corrected chi connectivity index (χ1v) is 21.1. The summed E-state index contributed by atoms with van der Waals surface area (Å²) in [5.74, 6) is -4.43. The highest BCUT2D eigenvalue weighted by atomic mass is 32.3. The van der Waals surface area contributed by atoms with Gasteiger partial charge in [0.05, 0.1) is 44.8 Å². The standard InChI is InChI=1S/C30H26N8O16S4/c1-2-55(44,45)19-8-10-22(25(14-19)57(48,49)50)36-35-21-9-5-17(13-23(21)32-30(31)43)34-38-27-24(39)15-20(29(41)42)26(28(27)40)37-33-16-3-6-18(7-4-16)56(46,47)12-11-54-58(51,52)53/h2-10,13-15,39-40H,1,11-12H2,(H,41,42)(H3,31,32,43)(H,48,49,50)(H,51,52,53). The summed E-state index contributed by atoms with van der Waals surface area (Å²) < 4.78 is 117. The van der Waals surface area contributed by atoms with Crippen molar-refractivity contribution in [2.75, 3.05) is 17.7 Å². The number of carboxylic acids is 1. The van der Waals surface area contributed by atoms with E-state index in [2.05, 4.69) is 46.8 Å². The molecule has 0 heterocycles. The van der Waals surface area contributed by atoms with E-state index in [-0.39, 0.29) is 27.6 Å². The third kappa shape index (κ3) is 11.3. The Hall–Kier alpha value is -6.56. The van der Waals surface area contributed by atoms with Crippen LogP contribution in [0.1, 0.15) is 10.4 Å². The highest BCUT2D eigenvalue weighted by Gasteiger charge is 2.23. The normalized spacial score (nSPS) is 12.7. The van der Waals surface area contributed by atoms with E-state index in [1.807, 2.05) is 0 Å². The number of nitrogens with one attached hydrogen (secondary N) is 1. The molecule has 8 N–H and O–H groups in total. The Morgan fingerprint density at radius 3 is 1.90 bits per heavy atom. The number of carboxylic acid groups (broad SMARTS) is 1. The second kappa shape index (κ2) is 17.3. The summed E-state index contributed by atoms with van der Waals surface area (Å²) in [5, 5.41) is 56.5. The molecule has 0 saturated heterocycles. The Kier molecular flexibility index (Phi) is 13.2. The zero-order valence-electron chi connectivity index (χ0n) is 28.7. The van der Waals surface area contributed by atoms with Crippen LogP contribution in [-0.2, 0) is 44.4 Å². The lowest BCUT2D eigenvalue weighted by atomic mass is 10.1. The molecule has 58 heavy (non-hydrogen) atoms. The van der Waals surface area contributed by atoms with Crippen molar-refractivity contribution in [2.45, 2.75) is 14.7 Å². The maximum atomic E-state index is 12.4. The molecule has 4 aromatic rings. The fourth-order valence-electron chi connectivity index (χ4n) is 4.37. The third-order valence-corrected chi connectivity index (χ3v) is 11.4. The number of nitrogens with zero attached hydrogens (tertiary/aromatic N) is 6. The highest BCUT2D eigenvalue weighted by Crippen LogP contribution is 2.47. The van der Waals surface area contributed by atoms with E-state index in [0.717, 1.165) is 48.5 Å². The molecule has 0 fully saturated rings. The van der Waals surface area contributed by atoms with E-state index in [0.29, 0.717) is 17.5 Å². The van der Waals surface area contributed by atoms with Crippen LogP contribution in [-0.4, -0.2) is 82.5 Å². The van der Waals surface area contributed by atoms with Crippen LogP contribution in [0.4, 0.5) is 44.6 Å². The first-order valence-electron chi connectivity index (χ1n) is 15.1.